The van der Waals surface area contributed by atoms with Crippen LogP contribution >= 0.6 is 49.0 Å². The molecule has 260 valence electrons. The van der Waals surface area contributed by atoms with Gasteiger partial charge in [-0.2, -0.15) is 5.26 Å². The number of piperazine rings is 1. The number of nitrogens with zero attached hydrogens (tertiary/aromatic N) is 6. The number of anilines is 2. The van der Waals surface area contributed by atoms with Gasteiger partial charge in [0, 0.05) is 68.8 Å². The fourth-order valence-electron chi connectivity index (χ4n) is 5.68. The minimum absolute atomic E-state index is 0. The normalized spacial score (nSPS) is 14.9. The van der Waals surface area contributed by atoms with E-state index < -0.39 is 0 Å². The molecule has 0 aliphatic carbocycles. The Hall–Kier alpha value is -3.38. The van der Waals surface area contributed by atoms with Crippen LogP contribution in [0.4, 0.5) is 11.5 Å². The molecule has 0 bridgehead atoms. The van der Waals surface area contributed by atoms with Crippen molar-refractivity contribution in [3.8, 4) is 23.1 Å². The second kappa shape index (κ2) is 19.6. The van der Waals surface area contributed by atoms with Gasteiger partial charge < -0.3 is 26.4 Å². The molecule has 2 aliphatic rings. The van der Waals surface area contributed by atoms with Crippen molar-refractivity contribution in [2.75, 3.05) is 56.9 Å². The van der Waals surface area contributed by atoms with Crippen molar-refractivity contribution in [2.45, 2.75) is 43.5 Å². The van der Waals surface area contributed by atoms with Gasteiger partial charge in [0.2, 0.25) is 11.8 Å². The molecule has 0 spiro atoms. The van der Waals surface area contributed by atoms with Gasteiger partial charge in [-0.25, -0.2) is 9.97 Å². The maximum Gasteiger partial charge on any atom is 0.223 e. The zero-order chi connectivity index (χ0) is 31.8. The van der Waals surface area contributed by atoms with Crippen LogP contribution in [-0.4, -0.2) is 87.5 Å². The number of aryl methyl sites for hydroxylation is 1. The summed E-state index contributed by atoms with van der Waals surface area (Å²) < 4.78 is 0. The van der Waals surface area contributed by atoms with E-state index in [9.17, 15) is 20.0 Å². The maximum absolute atomic E-state index is 13.0. The Balaban J connectivity index is 0.00000267. The van der Waals surface area contributed by atoms with Crippen LogP contribution in [-0.2, 0) is 21.8 Å². The number of nitrogens with two attached hydrogens (primary N) is 1. The SMILES string of the molecule is CC(=O)Nc1ccc(-c2nc(SCc3nc(CCC(=O)N4CCN(CC5CCNCC5)CC4)ccc3O)nc(N)c2C#N)cc1.Cl.Cl.Cl. The van der Waals surface area contributed by atoms with Crippen LogP contribution in [0.3, 0.4) is 0 Å². The summed E-state index contributed by atoms with van der Waals surface area (Å²) in [5.74, 6) is 1.04. The summed E-state index contributed by atoms with van der Waals surface area (Å²) in [5.41, 5.74) is 9.08. The molecular formula is C32H42Cl3N9O3S. The molecule has 5 rings (SSSR count). The van der Waals surface area contributed by atoms with Crippen LogP contribution in [0.5, 0.6) is 5.75 Å². The number of rotatable bonds is 10. The van der Waals surface area contributed by atoms with E-state index in [1.165, 1.54) is 31.5 Å². The number of piperidine rings is 1. The number of aromatic hydroxyl groups is 1. The van der Waals surface area contributed by atoms with Crippen molar-refractivity contribution < 1.29 is 14.7 Å². The van der Waals surface area contributed by atoms with E-state index >= 15 is 0 Å². The number of amides is 2. The largest absolute Gasteiger partial charge is 0.506 e. The first kappa shape index (κ1) is 40.8. The Morgan fingerprint density at radius 3 is 2.38 bits per heavy atom. The number of halogens is 3. The van der Waals surface area contributed by atoms with E-state index in [0.29, 0.717) is 40.6 Å². The number of carbonyl (C=O) groups is 2. The summed E-state index contributed by atoms with van der Waals surface area (Å²) in [7, 11) is 0. The van der Waals surface area contributed by atoms with Gasteiger partial charge in [-0.05, 0) is 62.5 Å². The first-order valence-electron chi connectivity index (χ1n) is 15.3. The Bertz CT molecular complexity index is 1560. The lowest BCUT2D eigenvalue weighted by Gasteiger charge is -2.37. The van der Waals surface area contributed by atoms with Crippen LogP contribution in [0.2, 0.25) is 0 Å². The summed E-state index contributed by atoms with van der Waals surface area (Å²) >= 11 is 1.24. The number of hydrogen-bond donors (Lipinski definition) is 4. The second-order valence-electron chi connectivity index (χ2n) is 11.4. The quantitative estimate of drug-likeness (QED) is 0.173. The predicted octanol–water partition coefficient (Wildman–Crippen LogP) is 4.29. The summed E-state index contributed by atoms with van der Waals surface area (Å²) in [6, 6.07) is 12.3. The Morgan fingerprint density at radius 2 is 1.73 bits per heavy atom. The van der Waals surface area contributed by atoms with Crippen molar-refractivity contribution in [3.63, 3.8) is 0 Å². The van der Waals surface area contributed by atoms with E-state index in [2.05, 4.69) is 36.6 Å². The van der Waals surface area contributed by atoms with E-state index in [-0.39, 0.29) is 71.9 Å². The van der Waals surface area contributed by atoms with E-state index in [1.54, 1.807) is 36.4 Å². The molecule has 2 fully saturated rings. The highest BCUT2D eigenvalue weighted by molar-refractivity contribution is 7.98. The molecule has 2 saturated heterocycles. The summed E-state index contributed by atoms with van der Waals surface area (Å²) in [5, 5.41) is 26.6. The Kier molecular flexibility index (Phi) is 16.6. The summed E-state index contributed by atoms with van der Waals surface area (Å²) in [4.78, 5) is 42.3. The zero-order valence-corrected chi connectivity index (χ0v) is 30.0. The second-order valence-corrected chi connectivity index (χ2v) is 12.4. The van der Waals surface area contributed by atoms with Crippen molar-refractivity contribution in [1.29, 1.82) is 5.26 Å². The smallest absolute Gasteiger partial charge is 0.223 e. The molecule has 0 unspecified atom stereocenters. The van der Waals surface area contributed by atoms with Crippen LogP contribution in [0.15, 0.2) is 41.6 Å². The molecule has 2 aliphatic heterocycles. The standard InChI is InChI=1S/C32H39N9O3S.3ClH/c1-21(42)36-24-4-2-23(3-5-24)30-26(18-33)31(34)39-32(38-30)45-20-27-28(43)8-6-25(37-27)7-9-29(44)41-16-14-40(15-17-41)19-22-10-12-35-13-11-22;;;/h2-6,8,22,35,43H,7,9-17,19-20H2,1H3,(H,36,42)(H2,34,38,39);3*1H. The lowest BCUT2D eigenvalue weighted by Crippen LogP contribution is -2.50. The highest BCUT2D eigenvalue weighted by Gasteiger charge is 2.24. The Labute approximate surface area is 303 Å². The molecule has 2 amide bonds. The maximum atomic E-state index is 13.0. The van der Waals surface area contributed by atoms with Crippen LogP contribution in [0, 0.1) is 17.2 Å². The lowest BCUT2D eigenvalue weighted by atomic mass is 9.97. The summed E-state index contributed by atoms with van der Waals surface area (Å²) in [6.45, 7) is 8.10. The van der Waals surface area contributed by atoms with Crippen molar-refractivity contribution in [3.05, 3.63) is 53.3 Å². The van der Waals surface area contributed by atoms with Crippen LogP contribution in [0.25, 0.3) is 11.3 Å². The monoisotopic (exact) mass is 737 g/mol. The van der Waals surface area contributed by atoms with Gasteiger partial charge in [-0.3, -0.25) is 19.5 Å². The van der Waals surface area contributed by atoms with Gasteiger partial charge >= 0.3 is 0 Å². The van der Waals surface area contributed by atoms with E-state index in [1.807, 2.05) is 4.90 Å². The van der Waals surface area contributed by atoms with Gasteiger partial charge in [0.15, 0.2) is 5.16 Å². The number of pyridine rings is 1. The Morgan fingerprint density at radius 1 is 1.04 bits per heavy atom. The third kappa shape index (κ3) is 11.1. The van der Waals surface area contributed by atoms with Gasteiger partial charge in [0.25, 0.3) is 0 Å². The number of nitriles is 1. The fourth-order valence-corrected chi connectivity index (χ4v) is 6.47. The number of carbonyl (C=O) groups excluding carboxylic acids is 2. The van der Waals surface area contributed by atoms with Crippen LogP contribution in [0.1, 0.15) is 43.1 Å². The topological polar surface area (TPSA) is 173 Å². The highest BCUT2D eigenvalue weighted by Crippen LogP contribution is 2.31. The van der Waals surface area contributed by atoms with Crippen molar-refractivity contribution in [2.24, 2.45) is 5.92 Å². The van der Waals surface area contributed by atoms with Gasteiger partial charge in [-0.1, -0.05) is 23.9 Å². The molecular weight excluding hydrogens is 697 g/mol. The van der Waals surface area contributed by atoms with Gasteiger partial charge in [-0.15, -0.1) is 37.2 Å². The van der Waals surface area contributed by atoms with Gasteiger partial charge in [0.05, 0.1) is 11.4 Å². The third-order valence-corrected chi connectivity index (χ3v) is 9.01. The fraction of sp³-hybridized carbons (Fsp3) is 0.438. The average molecular weight is 739 g/mol. The average Bonchev–Trinajstić information content (AvgIpc) is 3.04. The molecule has 0 atom stereocenters. The molecule has 16 heteroatoms. The first-order valence-corrected chi connectivity index (χ1v) is 16.2. The molecule has 4 heterocycles. The minimum atomic E-state index is -0.186. The number of nitrogens with one attached hydrogen (secondary N) is 2. The number of aromatic nitrogens is 3. The van der Waals surface area contributed by atoms with Crippen LogP contribution < -0.4 is 16.4 Å². The zero-order valence-electron chi connectivity index (χ0n) is 26.7. The molecule has 0 radical (unpaired) electrons. The minimum Gasteiger partial charge on any atom is -0.506 e. The highest BCUT2D eigenvalue weighted by atomic mass is 35.5. The molecule has 2 aromatic heterocycles. The van der Waals surface area contributed by atoms with E-state index in [0.717, 1.165) is 57.4 Å². The first-order chi connectivity index (χ1) is 21.8. The number of nitrogen functional groups attached to an aromatic ring is 1. The van der Waals surface area contributed by atoms with Gasteiger partial charge in [0.1, 0.15) is 23.2 Å². The number of benzene rings is 1. The third-order valence-electron chi connectivity index (χ3n) is 8.15. The lowest BCUT2D eigenvalue weighted by molar-refractivity contribution is -0.133. The molecule has 3 aromatic rings. The summed E-state index contributed by atoms with van der Waals surface area (Å²) in [6.07, 6.45) is 3.29. The van der Waals surface area contributed by atoms with E-state index in [4.69, 9.17) is 5.73 Å². The van der Waals surface area contributed by atoms with Crippen molar-refractivity contribution in [1.82, 2.24) is 30.1 Å². The molecule has 1 aromatic carbocycles. The molecule has 12 nitrogen and oxygen atoms in total. The molecule has 5 N–H and O–H groups in total. The number of thioether (sulfide) groups is 1. The van der Waals surface area contributed by atoms with Crippen molar-refractivity contribution >= 4 is 72.3 Å². The molecule has 0 saturated carbocycles. The number of hydrogen-bond acceptors (Lipinski definition) is 11. The predicted molar refractivity (Wildman–Crippen MR) is 195 cm³/mol. The molecule has 48 heavy (non-hydrogen) atoms.